The Hall–Kier alpha value is -3.68. The molecule has 0 spiro atoms. The second kappa shape index (κ2) is 6.44. The van der Waals surface area contributed by atoms with Gasteiger partial charge in [0.15, 0.2) is 12.4 Å². The fourth-order valence-corrected chi connectivity index (χ4v) is 2.29. The van der Waals surface area contributed by atoms with Crippen LogP contribution in [0.5, 0.6) is 11.5 Å². The van der Waals surface area contributed by atoms with Crippen LogP contribution in [0.4, 0.5) is 11.4 Å². The van der Waals surface area contributed by atoms with Gasteiger partial charge in [-0.1, -0.05) is 18.2 Å². The van der Waals surface area contributed by atoms with Crippen molar-refractivity contribution < 1.29 is 24.4 Å². The number of carbonyl (C=O) groups excluding carboxylic acids is 2. The average molecular weight is 339 g/mol. The highest BCUT2D eigenvalue weighted by molar-refractivity contribution is 6.08. The highest BCUT2D eigenvalue weighted by Crippen LogP contribution is 2.29. The summed E-state index contributed by atoms with van der Waals surface area (Å²) < 4.78 is 5.21. The molecule has 126 valence electrons. The zero-order chi connectivity index (χ0) is 18.0. The summed E-state index contributed by atoms with van der Waals surface area (Å²) in [4.78, 5) is 33.5. The molecule has 2 aromatic rings. The second-order valence-corrected chi connectivity index (χ2v) is 5.23. The fourth-order valence-electron chi connectivity index (χ4n) is 2.29. The van der Waals surface area contributed by atoms with Crippen molar-refractivity contribution >= 4 is 29.1 Å². The highest BCUT2D eigenvalue weighted by Gasteiger charge is 2.17. The number of anilines is 1. The lowest BCUT2D eigenvalue weighted by atomic mass is 10.1. The van der Waals surface area contributed by atoms with Crippen LogP contribution in [0, 0.1) is 10.1 Å². The van der Waals surface area contributed by atoms with E-state index in [0.29, 0.717) is 22.6 Å². The van der Waals surface area contributed by atoms with Gasteiger partial charge in [0.05, 0.1) is 10.6 Å². The molecule has 0 aromatic heterocycles. The number of hydrogen-bond acceptors (Lipinski definition) is 6. The topological polar surface area (TPSA) is 122 Å². The van der Waals surface area contributed by atoms with Crippen LogP contribution in [0.25, 0.3) is 6.08 Å². The third-order valence-electron chi connectivity index (χ3n) is 3.50. The molecule has 3 rings (SSSR count). The molecular formula is C17H11N2O6-. The molecule has 2 aromatic carbocycles. The number of allylic oxidation sites excluding steroid dienone is 1. The van der Waals surface area contributed by atoms with Gasteiger partial charge in [0.2, 0.25) is 0 Å². The zero-order valence-corrected chi connectivity index (χ0v) is 12.7. The molecule has 1 N–H and O–H groups in total. The number of amides is 1. The normalized spacial score (nSPS) is 13.0. The Morgan fingerprint density at radius 3 is 2.80 bits per heavy atom. The maximum atomic E-state index is 12.2. The Morgan fingerprint density at radius 1 is 1.24 bits per heavy atom. The Morgan fingerprint density at radius 2 is 2.04 bits per heavy atom. The van der Waals surface area contributed by atoms with Gasteiger partial charge in [-0.2, -0.15) is 0 Å². The molecule has 0 saturated carbocycles. The molecule has 0 unspecified atom stereocenters. The van der Waals surface area contributed by atoms with Crippen molar-refractivity contribution in [2.45, 2.75) is 0 Å². The SMILES string of the molecule is O=C1COc2ccc(C(=O)/C=C/c3ccc([O-])c([N+](=O)[O-])c3)cc2N1. The number of fused-ring (bicyclic) bond motifs is 1. The van der Waals surface area contributed by atoms with Crippen molar-refractivity contribution in [3.05, 3.63) is 63.7 Å². The fraction of sp³-hybridized carbons (Fsp3) is 0.0588. The van der Waals surface area contributed by atoms with E-state index in [-0.39, 0.29) is 18.3 Å². The first kappa shape index (κ1) is 16.2. The molecule has 1 aliphatic heterocycles. The lowest BCUT2D eigenvalue weighted by Crippen LogP contribution is -2.25. The molecule has 1 aliphatic rings. The van der Waals surface area contributed by atoms with Gasteiger partial charge in [-0.25, -0.2) is 0 Å². The summed E-state index contributed by atoms with van der Waals surface area (Å²) in [5.41, 5.74) is 0.523. The van der Waals surface area contributed by atoms with Crippen LogP contribution < -0.4 is 15.2 Å². The third kappa shape index (κ3) is 3.47. The summed E-state index contributed by atoms with van der Waals surface area (Å²) in [7, 11) is 0. The van der Waals surface area contributed by atoms with Gasteiger partial charge in [0, 0.05) is 11.6 Å². The van der Waals surface area contributed by atoms with Crippen molar-refractivity contribution in [2.75, 3.05) is 11.9 Å². The predicted octanol–water partition coefficient (Wildman–Crippen LogP) is 1.90. The van der Waals surface area contributed by atoms with E-state index in [0.717, 1.165) is 12.1 Å². The van der Waals surface area contributed by atoms with E-state index in [1.807, 2.05) is 0 Å². The quantitative estimate of drug-likeness (QED) is 0.393. The van der Waals surface area contributed by atoms with Crippen molar-refractivity contribution in [1.29, 1.82) is 0 Å². The van der Waals surface area contributed by atoms with E-state index < -0.39 is 16.4 Å². The number of hydrogen-bond donors (Lipinski definition) is 1. The molecule has 0 atom stereocenters. The van der Waals surface area contributed by atoms with E-state index in [4.69, 9.17) is 4.74 Å². The Bertz CT molecular complexity index is 919. The predicted molar refractivity (Wildman–Crippen MR) is 86.5 cm³/mol. The number of nitrogens with one attached hydrogen (secondary N) is 1. The minimum absolute atomic E-state index is 0.0747. The maximum Gasteiger partial charge on any atom is 0.262 e. The van der Waals surface area contributed by atoms with Crippen LogP contribution in [-0.4, -0.2) is 23.2 Å². The number of nitrogens with zero attached hydrogens (tertiary/aromatic N) is 1. The lowest BCUT2D eigenvalue weighted by Gasteiger charge is -2.17. The minimum Gasteiger partial charge on any atom is -0.868 e. The summed E-state index contributed by atoms with van der Waals surface area (Å²) in [6, 6.07) is 8.18. The molecule has 0 saturated heterocycles. The first-order chi connectivity index (χ1) is 11.9. The Labute approximate surface area is 141 Å². The van der Waals surface area contributed by atoms with E-state index in [2.05, 4.69) is 5.32 Å². The van der Waals surface area contributed by atoms with Crippen molar-refractivity contribution in [3.8, 4) is 11.5 Å². The van der Waals surface area contributed by atoms with Crippen molar-refractivity contribution in [2.24, 2.45) is 0 Å². The standard InChI is InChI=1S/C17H12N2O6/c20-14(4-1-10-2-5-15(21)13(7-10)19(23)24)11-3-6-16-12(8-11)18-17(22)9-25-16/h1-8,21H,9H2,(H,18,22)/p-1/b4-1+. The van der Waals surface area contributed by atoms with E-state index in [9.17, 15) is 24.8 Å². The molecule has 0 aliphatic carbocycles. The van der Waals surface area contributed by atoms with Crippen LogP contribution in [0.2, 0.25) is 0 Å². The monoisotopic (exact) mass is 339 g/mol. The van der Waals surface area contributed by atoms with Crippen LogP contribution >= 0.6 is 0 Å². The van der Waals surface area contributed by atoms with Gasteiger partial charge < -0.3 is 15.2 Å². The Balaban J connectivity index is 1.82. The number of rotatable bonds is 4. The number of benzene rings is 2. The van der Waals surface area contributed by atoms with Crippen LogP contribution in [0.15, 0.2) is 42.5 Å². The largest absolute Gasteiger partial charge is 0.868 e. The molecule has 0 bridgehead atoms. The molecule has 1 heterocycles. The zero-order valence-electron chi connectivity index (χ0n) is 12.7. The summed E-state index contributed by atoms with van der Waals surface area (Å²) in [6.45, 7) is -0.0747. The number of ketones is 1. The van der Waals surface area contributed by atoms with E-state index in [1.54, 1.807) is 12.1 Å². The van der Waals surface area contributed by atoms with Crippen molar-refractivity contribution in [3.63, 3.8) is 0 Å². The van der Waals surface area contributed by atoms with E-state index in [1.165, 1.54) is 24.3 Å². The summed E-state index contributed by atoms with van der Waals surface area (Å²) >= 11 is 0. The van der Waals surface area contributed by atoms with Crippen LogP contribution in [-0.2, 0) is 4.79 Å². The highest BCUT2D eigenvalue weighted by atomic mass is 16.6. The van der Waals surface area contributed by atoms with Gasteiger partial charge >= 0.3 is 0 Å². The maximum absolute atomic E-state index is 12.2. The van der Waals surface area contributed by atoms with Crippen LogP contribution in [0.1, 0.15) is 15.9 Å². The smallest absolute Gasteiger partial charge is 0.262 e. The first-order valence-corrected chi connectivity index (χ1v) is 7.18. The number of nitro benzene ring substituents is 1. The molecule has 0 radical (unpaired) electrons. The molecule has 25 heavy (non-hydrogen) atoms. The average Bonchev–Trinajstić information content (AvgIpc) is 2.59. The lowest BCUT2D eigenvalue weighted by molar-refractivity contribution is -0.398. The molecule has 8 nitrogen and oxygen atoms in total. The van der Waals surface area contributed by atoms with Crippen LogP contribution in [0.3, 0.4) is 0 Å². The molecule has 1 amide bonds. The van der Waals surface area contributed by atoms with Gasteiger partial charge in [-0.3, -0.25) is 19.7 Å². The molecule has 8 heteroatoms. The number of ether oxygens (including phenoxy) is 1. The molecule has 0 fully saturated rings. The summed E-state index contributed by atoms with van der Waals surface area (Å²) in [6.07, 6.45) is 2.61. The van der Waals surface area contributed by atoms with Gasteiger partial charge in [0.1, 0.15) is 5.75 Å². The van der Waals surface area contributed by atoms with E-state index >= 15 is 0 Å². The van der Waals surface area contributed by atoms with Gasteiger partial charge in [0.25, 0.3) is 11.6 Å². The first-order valence-electron chi connectivity index (χ1n) is 7.18. The minimum atomic E-state index is -0.770. The van der Waals surface area contributed by atoms with Gasteiger partial charge in [-0.15, -0.1) is 0 Å². The number of carbonyl (C=O) groups is 2. The van der Waals surface area contributed by atoms with Gasteiger partial charge in [-0.05, 0) is 35.6 Å². The summed E-state index contributed by atoms with van der Waals surface area (Å²) in [5, 5.41) is 24.7. The third-order valence-corrected chi connectivity index (χ3v) is 3.50. The summed E-state index contributed by atoms with van der Waals surface area (Å²) in [5.74, 6) is -0.894. The number of nitro groups is 1. The Kier molecular flexibility index (Phi) is 4.17. The molecular weight excluding hydrogens is 328 g/mol. The van der Waals surface area contributed by atoms with Crippen molar-refractivity contribution in [1.82, 2.24) is 0 Å². The second-order valence-electron chi connectivity index (χ2n) is 5.23.